The van der Waals surface area contributed by atoms with Gasteiger partial charge in [-0.25, -0.2) is 0 Å². The SMILES string of the molecule is Cc1ccc(-c2ccsc2F)c(C)c1. The molecule has 2 heteroatoms. The van der Waals surface area contributed by atoms with Crippen molar-refractivity contribution in [2.75, 3.05) is 0 Å². The summed E-state index contributed by atoms with van der Waals surface area (Å²) >= 11 is 1.15. The lowest BCUT2D eigenvalue weighted by atomic mass is 10.0. The lowest BCUT2D eigenvalue weighted by molar-refractivity contribution is 0.660. The van der Waals surface area contributed by atoms with Crippen molar-refractivity contribution in [1.29, 1.82) is 0 Å². The molecule has 0 atom stereocenters. The fourth-order valence-electron chi connectivity index (χ4n) is 1.60. The van der Waals surface area contributed by atoms with Crippen LogP contribution in [-0.2, 0) is 0 Å². The van der Waals surface area contributed by atoms with Crippen molar-refractivity contribution in [3.63, 3.8) is 0 Å². The molecule has 0 aliphatic heterocycles. The Balaban J connectivity index is 2.58. The molecule has 0 nitrogen and oxygen atoms in total. The number of hydrogen-bond acceptors (Lipinski definition) is 1. The molecule has 1 aromatic heterocycles. The summed E-state index contributed by atoms with van der Waals surface area (Å²) in [6, 6.07) is 7.90. The minimum absolute atomic E-state index is 0.100. The smallest absolute Gasteiger partial charge is 0.184 e. The molecular formula is C12H11FS. The third-order valence-electron chi connectivity index (χ3n) is 2.29. The second kappa shape index (κ2) is 3.54. The Kier molecular flexibility index (Phi) is 2.38. The average Bonchev–Trinajstić information content (AvgIpc) is 2.52. The van der Waals surface area contributed by atoms with Gasteiger partial charge < -0.3 is 0 Å². The van der Waals surface area contributed by atoms with E-state index in [0.29, 0.717) is 5.56 Å². The molecule has 0 bridgehead atoms. The summed E-state index contributed by atoms with van der Waals surface area (Å²) in [5.74, 6) is 0. The van der Waals surface area contributed by atoms with Crippen molar-refractivity contribution in [2.45, 2.75) is 13.8 Å². The maximum absolute atomic E-state index is 13.3. The number of hydrogen-bond donors (Lipinski definition) is 0. The zero-order valence-electron chi connectivity index (χ0n) is 8.17. The number of aryl methyl sites for hydroxylation is 2. The molecule has 0 unspecified atom stereocenters. The fraction of sp³-hybridized carbons (Fsp3) is 0.167. The standard InChI is InChI=1S/C12H11FS/c1-8-3-4-10(9(2)7-8)11-5-6-14-12(11)13/h3-7H,1-2H3. The topological polar surface area (TPSA) is 0 Å². The molecule has 0 aliphatic carbocycles. The van der Waals surface area contributed by atoms with E-state index in [1.54, 1.807) is 5.38 Å². The van der Waals surface area contributed by atoms with E-state index in [2.05, 4.69) is 6.07 Å². The Morgan fingerprint density at radius 1 is 1.07 bits per heavy atom. The first-order chi connectivity index (χ1) is 6.68. The summed E-state index contributed by atoms with van der Waals surface area (Å²) < 4.78 is 13.3. The number of benzene rings is 1. The quantitative estimate of drug-likeness (QED) is 0.657. The molecule has 1 aromatic carbocycles. The highest BCUT2D eigenvalue weighted by atomic mass is 32.1. The van der Waals surface area contributed by atoms with Gasteiger partial charge >= 0.3 is 0 Å². The van der Waals surface area contributed by atoms with Crippen molar-refractivity contribution in [2.24, 2.45) is 0 Å². The van der Waals surface area contributed by atoms with E-state index < -0.39 is 0 Å². The number of thiophene rings is 1. The molecule has 1 heterocycles. The predicted octanol–water partition coefficient (Wildman–Crippen LogP) is 4.17. The van der Waals surface area contributed by atoms with Crippen LogP contribution in [0.4, 0.5) is 4.39 Å². The molecule has 0 fully saturated rings. The Labute approximate surface area is 87.0 Å². The van der Waals surface area contributed by atoms with Gasteiger partial charge in [0.05, 0.1) is 0 Å². The first-order valence-electron chi connectivity index (χ1n) is 4.49. The zero-order valence-corrected chi connectivity index (χ0v) is 8.99. The van der Waals surface area contributed by atoms with Gasteiger partial charge in [0.2, 0.25) is 0 Å². The Morgan fingerprint density at radius 2 is 1.86 bits per heavy atom. The van der Waals surface area contributed by atoms with Gasteiger partial charge in [0, 0.05) is 5.56 Å². The van der Waals surface area contributed by atoms with E-state index in [1.165, 1.54) is 5.56 Å². The number of rotatable bonds is 1. The van der Waals surface area contributed by atoms with Crippen LogP contribution in [0.25, 0.3) is 11.1 Å². The van der Waals surface area contributed by atoms with Crippen molar-refractivity contribution in [3.05, 3.63) is 45.9 Å². The predicted molar refractivity (Wildman–Crippen MR) is 59.2 cm³/mol. The molecule has 0 spiro atoms. The minimum atomic E-state index is -0.100. The third-order valence-corrected chi connectivity index (χ3v) is 2.99. The molecule has 0 saturated carbocycles. The fourth-order valence-corrected chi connectivity index (χ4v) is 2.23. The van der Waals surface area contributed by atoms with Gasteiger partial charge in [-0.15, -0.1) is 11.3 Å². The molecule has 0 aliphatic rings. The molecule has 72 valence electrons. The van der Waals surface area contributed by atoms with Gasteiger partial charge in [0.15, 0.2) is 5.13 Å². The molecule has 0 saturated heterocycles. The molecule has 14 heavy (non-hydrogen) atoms. The first kappa shape index (κ1) is 9.41. The molecule has 2 aromatic rings. The number of halogens is 1. The van der Waals surface area contributed by atoms with Gasteiger partial charge in [-0.05, 0) is 36.4 Å². The lowest BCUT2D eigenvalue weighted by Gasteiger charge is -2.04. The maximum atomic E-state index is 13.3. The van der Waals surface area contributed by atoms with E-state index in [1.807, 2.05) is 32.0 Å². The van der Waals surface area contributed by atoms with Crippen molar-refractivity contribution < 1.29 is 4.39 Å². The highest BCUT2D eigenvalue weighted by Gasteiger charge is 2.08. The van der Waals surface area contributed by atoms with Crippen LogP contribution in [0.1, 0.15) is 11.1 Å². The first-order valence-corrected chi connectivity index (χ1v) is 5.37. The Hall–Kier alpha value is -1.15. The van der Waals surface area contributed by atoms with Gasteiger partial charge in [-0.3, -0.25) is 0 Å². The van der Waals surface area contributed by atoms with Crippen LogP contribution >= 0.6 is 11.3 Å². The van der Waals surface area contributed by atoms with Crippen molar-refractivity contribution in [1.82, 2.24) is 0 Å². The van der Waals surface area contributed by atoms with E-state index in [4.69, 9.17) is 0 Å². The van der Waals surface area contributed by atoms with E-state index in [9.17, 15) is 4.39 Å². The second-order valence-corrected chi connectivity index (χ2v) is 4.29. The van der Waals surface area contributed by atoms with Crippen molar-refractivity contribution >= 4 is 11.3 Å². The molecular weight excluding hydrogens is 195 g/mol. The Bertz CT molecular complexity index is 457. The summed E-state index contributed by atoms with van der Waals surface area (Å²) in [6.07, 6.45) is 0. The van der Waals surface area contributed by atoms with Crippen molar-refractivity contribution in [3.8, 4) is 11.1 Å². The molecule has 2 rings (SSSR count). The van der Waals surface area contributed by atoms with Crippen LogP contribution in [0.3, 0.4) is 0 Å². The molecule has 0 N–H and O–H groups in total. The maximum Gasteiger partial charge on any atom is 0.184 e. The molecule has 0 amide bonds. The van der Waals surface area contributed by atoms with Gasteiger partial charge in [-0.2, -0.15) is 4.39 Å². The molecule has 0 radical (unpaired) electrons. The highest BCUT2D eigenvalue weighted by molar-refractivity contribution is 7.08. The van der Waals surface area contributed by atoms with E-state index in [-0.39, 0.29) is 5.13 Å². The van der Waals surface area contributed by atoms with Gasteiger partial charge in [0.25, 0.3) is 0 Å². The normalized spacial score (nSPS) is 10.5. The van der Waals surface area contributed by atoms with Crippen LogP contribution in [-0.4, -0.2) is 0 Å². The van der Waals surface area contributed by atoms with E-state index in [0.717, 1.165) is 22.5 Å². The van der Waals surface area contributed by atoms with Crippen LogP contribution in [0, 0.1) is 19.0 Å². The summed E-state index contributed by atoms with van der Waals surface area (Å²) in [4.78, 5) is 0. The highest BCUT2D eigenvalue weighted by Crippen LogP contribution is 2.29. The summed E-state index contributed by atoms with van der Waals surface area (Å²) in [7, 11) is 0. The largest absolute Gasteiger partial charge is 0.194 e. The van der Waals surface area contributed by atoms with Gasteiger partial charge in [0.1, 0.15) is 0 Å². The van der Waals surface area contributed by atoms with Crippen LogP contribution in [0.15, 0.2) is 29.6 Å². The minimum Gasteiger partial charge on any atom is -0.194 e. The zero-order chi connectivity index (χ0) is 10.1. The van der Waals surface area contributed by atoms with Gasteiger partial charge in [-0.1, -0.05) is 23.8 Å². The lowest BCUT2D eigenvalue weighted by Crippen LogP contribution is -1.84. The Morgan fingerprint density at radius 3 is 2.43 bits per heavy atom. The summed E-state index contributed by atoms with van der Waals surface area (Å²) in [5, 5.41) is 1.68. The average molecular weight is 206 g/mol. The monoisotopic (exact) mass is 206 g/mol. The second-order valence-electron chi connectivity index (χ2n) is 3.43. The summed E-state index contributed by atoms with van der Waals surface area (Å²) in [5.41, 5.74) is 4.05. The van der Waals surface area contributed by atoms with Crippen LogP contribution in [0.2, 0.25) is 0 Å². The van der Waals surface area contributed by atoms with E-state index >= 15 is 0 Å². The summed E-state index contributed by atoms with van der Waals surface area (Å²) in [6.45, 7) is 4.06. The third kappa shape index (κ3) is 1.58. The van der Waals surface area contributed by atoms with Crippen LogP contribution in [0.5, 0.6) is 0 Å². The van der Waals surface area contributed by atoms with Crippen LogP contribution < -0.4 is 0 Å².